The Morgan fingerprint density at radius 2 is 1.62 bits per heavy atom. The molecule has 0 aromatic heterocycles. The van der Waals surface area contributed by atoms with Crippen molar-refractivity contribution in [2.75, 3.05) is 13.2 Å². The van der Waals surface area contributed by atoms with Gasteiger partial charge in [0.2, 0.25) is 5.41 Å². The van der Waals surface area contributed by atoms with Crippen LogP contribution in [0.1, 0.15) is 90.9 Å². The fourth-order valence-electron chi connectivity index (χ4n) is 5.20. The minimum Gasteiger partial charge on any atom is -0.461 e. The molecule has 0 amide bonds. The lowest BCUT2D eigenvalue weighted by molar-refractivity contribution is -0.247. The van der Waals surface area contributed by atoms with Gasteiger partial charge in [-0.3, -0.25) is 4.79 Å². The van der Waals surface area contributed by atoms with Crippen LogP contribution in [-0.2, 0) is 19.0 Å². The van der Waals surface area contributed by atoms with Gasteiger partial charge in [0.1, 0.15) is 6.10 Å². The van der Waals surface area contributed by atoms with Gasteiger partial charge in [0, 0.05) is 5.92 Å². The molecule has 3 fully saturated rings. The number of carbonyl (C=O) groups is 1. The zero-order valence-electron chi connectivity index (χ0n) is 18.4. The highest BCUT2D eigenvalue weighted by molar-refractivity contribution is 5.80. The van der Waals surface area contributed by atoms with Gasteiger partial charge in [0.05, 0.1) is 19.3 Å². The maximum atomic E-state index is 12.8. The topological polar surface area (TPSA) is 68.5 Å². The summed E-state index contributed by atoms with van der Waals surface area (Å²) in [6, 6.07) is 2.16. The van der Waals surface area contributed by atoms with Gasteiger partial charge in [-0.2, -0.15) is 5.26 Å². The van der Waals surface area contributed by atoms with Crippen LogP contribution >= 0.6 is 0 Å². The highest BCUT2D eigenvalue weighted by Gasteiger charge is 2.48. The molecule has 0 aromatic carbocycles. The van der Waals surface area contributed by atoms with Gasteiger partial charge in [0.25, 0.3) is 0 Å². The molecule has 0 N–H and O–H groups in total. The molecule has 1 aliphatic heterocycles. The first-order chi connectivity index (χ1) is 14.1. The van der Waals surface area contributed by atoms with Gasteiger partial charge in [-0.05, 0) is 63.2 Å². The number of nitrogens with zero attached hydrogens (tertiary/aromatic N) is 1. The van der Waals surface area contributed by atoms with Crippen molar-refractivity contribution in [2.45, 2.75) is 103 Å². The Bertz CT molecular complexity index is 548. The van der Waals surface area contributed by atoms with E-state index < -0.39 is 11.4 Å². The molecule has 2 saturated carbocycles. The maximum absolute atomic E-state index is 12.8. The van der Waals surface area contributed by atoms with E-state index in [2.05, 4.69) is 19.9 Å². The Kier molecular flexibility index (Phi) is 8.38. The standard InChI is InChI=1S/C24H39NO4/c1-3-5-6-19-7-11-20(12-8-19)22-27-16-24(15-25,17-28-22)23(26)29-21-13-9-18(4-2)10-14-21/h18-22H,3-14,16-17H2,1-2H3/t18?,19?,20?,21?,22-,24+. The molecule has 3 rings (SSSR count). The first-order valence-electron chi connectivity index (χ1n) is 12.0. The molecule has 0 aromatic rings. The van der Waals surface area contributed by atoms with Crippen LogP contribution < -0.4 is 0 Å². The number of hydrogen-bond donors (Lipinski definition) is 0. The minimum absolute atomic E-state index is 0.0633. The summed E-state index contributed by atoms with van der Waals surface area (Å²) in [6.45, 7) is 4.64. The predicted molar refractivity (Wildman–Crippen MR) is 111 cm³/mol. The number of carbonyl (C=O) groups excluding carboxylic acids is 1. The summed E-state index contributed by atoms with van der Waals surface area (Å²) in [5.41, 5.74) is -1.31. The third kappa shape index (κ3) is 5.73. The molecule has 1 heterocycles. The van der Waals surface area contributed by atoms with E-state index in [1.165, 1.54) is 38.5 Å². The molecule has 3 aliphatic rings. The van der Waals surface area contributed by atoms with Crippen LogP contribution in [0.15, 0.2) is 0 Å². The Balaban J connectivity index is 1.45. The van der Waals surface area contributed by atoms with Crippen LogP contribution in [0.2, 0.25) is 0 Å². The second kappa shape index (κ2) is 10.8. The van der Waals surface area contributed by atoms with E-state index in [0.29, 0.717) is 5.92 Å². The lowest BCUT2D eigenvalue weighted by atomic mass is 9.79. The van der Waals surface area contributed by atoms with Crippen molar-refractivity contribution in [1.82, 2.24) is 0 Å². The largest absolute Gasteiger partial charge is 0.461 e. The Morgan fingerprint density at radius 1 is 1.00 bits per heavy atom. The normalized spacial score (nSPS) is 38.2. The highest BCUT2D eigenvalue weighted by atomic mass is 16.7. The first-order valence-corrected chi connectivity index (χ1v) is 12.0. The molecule has 29 heavy (non-hydrogen) atoms. The van der Waals surface area contributed by atoms with Gasteiger partial charge >= 0.3 is 5.97 Å². The molecule has 164 valence electrons. The summed E-state index contributed by atoms with van der Waals surface area (Å²) in [6.07, 6.45) is 13.5. The molecular formula is C24H39NO4. The van der Waals surface area contributed by atoms with Gasteiger partial charge < -0.3 is 14.2 Å². The SMILES string of the molecule is CCCCC1CCC([C@H]2OC[C@@](C#N)(C(=O)OC3CCC(CC)CC3)CO2)CC1. The molecule has 5 nitrogen and oxygen atoms in total. The summed E-state index contributed by atoms with van der Waals surface area (Å²) in [7, 11) is 0. The summed E-state index contributed by atoms with van der Waals surface area (Å²) in [5.74, 6) is 1.51. The number of esters is 1. The number of ether oxygens (including phenoxy) is 3. The van der Waals surface area contributed by atoms with Crippen molar-refractivity contribution in [3.63, 3.8) is 0 Å². The van der Waals surface area contributed by atoms with Crippen LogP contribution in [-0.4, -0.2) is 31.6 Å². The third-order valence-electron chi connectivity index (χ3n) is 7.48. The van der Waals surface area contributed by atoms with Crippen molar-refractivity contribution in [3.8, 4) is 6.07 Å². The van der Waals surface area contributed by atoms with E-state index in [1.54, 1.807) is 0 Å². The predicted octanol–water partition coefficient (Wildman–Crippen LogP) is 5.38. The number of unbranched alkanes of at least 4 members (excludes halogenated alkanes) is 1. The molecule has 0 spiro atoms. The Hall–Kier alpha value is -1.12. The van der Waals surface area contributed by atoms with E-state index in [9.17, 15) is 10.1 Å². The van der Waals surface area contributed by atoms with Gasteiger partial charge in [0.15, 0.2) is 6.29 Å². The van der Waals surface area contributed by atoms with Crippen LogP contribution in [0.4, 0.5) is 0 Å². The molecule has 0 atom stereocenters. The monoisotopic (exact) mass is 405 g/mol. The summed E-state index contributed by atoms with van der Waals surface area (Å²) in [5, 5.41) is 9.72. The van der Waals surface area contributed by atoms with Gasteiger partial charge in [-0.25, -0.2) is 0 Å². The van der Waals surface area contributed by atoms with E-state index >= 15 is 0 Å². The molecular weight excluding hydrogens is 366 g/mol. The Labute approximate surface area is 176 Å². The number of nitriles is 1. The lowest BCUT2D eigenvalue weighted by Gasteiger charge is -2.40. The van der Waals surface area contributed by atoms with Gasteiger partial charge in [-0.1, -0.05) is 39.5 Å². The van der Waals surface area contributed by atoms with E-state index in [1.807, 2.05) is 0 Å². The summed E-state index contributed by atoms with van der Waals surface area (Å²) < 4.78 is 17.6. The fraction of sp³-hybridized carbons (Fsp3) is 0.917. The van der Waals surface area contributed by atoms with Crippen LogP contribution in [0.3, 0.4) is 0 Å². The van der Waals surface area contributed by atoms with Crippen LogP contribution in [0.5, 0.6) is 0 Å². The third-order valence-corrected chi connectivity index (χ3v) is 7.48. The summed E-state index contributed by atoms with van der Waals surface area (Å²) >= 11 is 0. The molecule has 1 saturated heterocycles. The average Bonchev–Trinajstić information content (AvgIpc) is 2.78. The molecule has 2 aliphatic carbocycles. The lowest BCUT2D eigenvalue weighted by Crippen LogP contribution is -2.50. The summed E-state index contributed by atoms with van der Waals surface area (Å²) in [4.78, 5) is 12.8. The Morgan fingerprint density at radius 3 is 2.17 bits per heavy atom. The second-order valence-electron chi connectivity index (χ2n) is 9.56. The smallest absolute Gasteiger partial charge is 0.331 e. The van der Waals surface area contributed by atoms with Crippen molar-refractivity contribution < 1.29 is 19.0 Å². The van der Waals surface area contributed by atoms with Crippen molar-refractivity contribution in [3.05, 3.63) is 0 Å². The van der Waals surface area contributed by atoms with Crippen molar-refractivity contribution in [1.29, 1.82) is 5.26 Å². The molecule has 0 unspecified atom stereocenters. The zero-order valence-corrected chi connectivity index (χ0v) is 18.4. The fourth-order valence-corrected chi connectivity index (χ4v) is 5.20. The average molecular weight is 406 g/mol. The van der Waals surface area contributed by atoms with Crippen molar-refractivity contribution in [2.24, 2.45) is 23.2 Å². The first kappa shape index (κ1) is 22.6. The maximum Gasteiger partial charge on any atom is 0.331 e. The van der Waals surface area contributed by atoms with E-state index in [4.69, 9.17) is 14.2 Å². The number of rotatable bonds is 7. The van der Waals surface area contributed by atoms with E-state index in [0.717, 1.165) is 50.4 Å². The van der Waals surface area contributed by atoms with Crippen molar-refractivity contribution >= 4 is 5.97 Å². The van der Waals surface area contributed by atoms with Gasteiger partial charge in [-0.15, -0.1) is 0 Å². The number of hydrogen-bond acceptors (Lipinski definition) is 5. The van der Waals surface area contributed by atoms with Crippen LogP contribution in [0.25, 0.3) is 0 Å². The molecule has 0 bridgehead atoms. The second-order valence-corrected chi connectivity index (χ2v) is 9.56. The highest BCUT2D eigenvalue weighted by Crippen LogP contribution is 2.38. The quantitative estimate of drug-likeness (QED) is 0.532. The molecule has 0 radical (unpaired) electrons. The zero-order chi connectivity index (χ0) is 20.7. The van der Waals surface area contributed by atoms with Crippen LogP contribution in [0, 0.1) is 34.5 Å². The molecule has 5 heteroatoms. The van der Waals surface area contributed by atoms with E-state index in [-0.39, 0.29) is 25.6 Å². The minimum atomic E-state index is -1.31.